The van der Waals surface area contributed by atoms with E-state index >= 15 is 0 Å². The zero-order valence-electron chi connectivity index (χ0n) is 17.5. The maximum absolute atomic E-state index is 11.2. The average Bonchev–Trinajstić information content (AvgIpc) is 3.29. The predicted octanol–water partition coefficient (Wildman–Crippen LogP) is 6.13. The van der Waals surface area contributed by atoms with Gasteiger partial charge in [-0.2, -0.15) is 0 Å². The summed E-state index contributed by atoms with van der Waals surface area (Å²) < 4.78 is 6.38. The Morgan fingerprint density at radius 2 is 1.83 bits per heavy atom. The van der Waals surface area contributed by atoms with E-state index in [0.717, 1.165) is 28.1 Å². The lowest BCUT2D eigenvalue weighted by Gasteiger charge is -2.19. The van der Waals surface area contributed by atoms with Crippen molar-refractivity contribution in [3.63, 3.8) is 0 Å². The van der Waals surface area contributed by atoms with Gasteiger partial charge in [0.05, 0.1) is 6.61 Å². The molecule has 0 atom stereocenters. The van der Waals surface area contributed by atoms with Crippen LogP contribution < -0.4 is 10.1 Å². The highest BCUT2D eigenvalue weighted by molar-refractivity contribution is 5.90. The smallest absolute Gasteiger partial charge is 0.303 e. The number of carboxylic acids is 1. The first-order valence-electron chi connectivity index (χ1n) is 10.8. The summed E-state index contributed by atoms with van der Waals surface area (Å²) in [6.07, 6.45) is 5.57. The van der Waals surface area contributed by atoms with Gasteiger partial charge in [-0.3, -0.25) is 4.79 Å². The fourth-order valence-corrected chi connectivity index (χ4v) is 4.37. The molecule has 30 heavy (non-hydrogen) atoms. The van der Waals surface area contributed by atoms with Crippen LogP contribution in [0.1, 0.15) is 37.7 Å². The highest BCUT2D eigenvalue weighted by Gasteiger charge is 2.19. The number of ether oxygens (including phenoxy) is 1. The molecule has 0 unspecified atom stereocenters. The topological polar surface area (TPSA) is 58.6 Å². The van der Waals surface area contributed by atoms with E-state index in [2.05, 4.69) is 47.8 Å². The minimum Gasteiger partial charge on any atom is -0.492 e. The van der Waals surface area contributed by atoms with Crippen LogP contribution in [0.2, 0.25) is 0 Å². The highest BCUT2D eigenvalue weighted by atomic mass is 16.5. The van der Waals surface area contributed by atoms with E-state index in [-0.39, 0.29) is 6.42 Å². The lowest BCUT2D eigenvalue weighted by molar-refractivity contribution is -0.136. The largest absolute Gasteiger partial charge is 0.492 e. The van der Waals surface area contributed by atoms with E-state index in [1.807, 2.05) is 19.2 Å². The first-order chi connectivity index (χ1) is 14.6. The minimum atomic E-state index is -0.784. The van der Waals surface area contributed by atoms with Crippen molar-refractivity contribution < 1.29 is 14.6 Å². The standard InChI is InChI=1S/C26H29NO3/c1-27-23-13-11-20-15-22(10-9-21(20)16-23)24-8-4-7-19(12-14-25(28)29)26(24)30-17-18-5-2-3-6-18/h4,7-11,13,15-16,18,27H,2-3,5-6,12,14,17H2,1H3,(H,28,29). The molecule has 0 spiro atoms. The number of carboxylic acid groups (broad SMARTS) is 1. The van der Waals surface area contributed by atoms with Gasteiger partial charge in [0, 0.05) is 24.7 Å². The van der Waals surface area contributed by atoms with Gasteiger partial charge in [-0.15, -0.1) is 0 Å². The van der Waals surface area contributed by atoms with Crippen molar-refractivity contribution >= 4 is 22.4 Å². The lowest BCUT2D eigenvalue weighted by atomic mass is 9.96. The summed E-state index contributed by atoms with van der Waals surface area (Å²) in [5.74, 6) is 0.659. The van der Waals surface area contributed by atoms with Crippen LogP contribution in [0.3, 0.4) is 0 Å². The zero-order valence-corrected chi connectivity index (χ0v) is 17.5. The Kier molecular flexibility index (Phi) is 6.22. The summed E-state index contributed by atoms with van der Waals surface area (Å²) in [6, 6.07) is 18.9. The number of fused-ring (bicyclic) bond motifs is 1. The van der Waals surface area contributed by atoms with Crippen LogP contribution in [0.5, 0.6) is 5.75 Å². The second kappa shape index (κ2) is 9.21. The first-order valence-corrected chi connectivity index (χ1v) is 10.8. The number of nitrogens with one attached hydrogen (secondary N) is 1. The summed E-state index contributed by atoms with van der Waals surface area (Å²) in [7, 11) is 1.92. The number of para-hydroxylation sites is 1. The minimum absolute atomic E-state index is 0.105. The molecule has 4 nitrogen and oxygen atoms in total. The van der Waals surface area contributed by atoms with Gasteiger partial charge in [0.2, 0.25) is 0 Å². The summed E-state index contributed by atoms with van der Waals surface area (Å²) >= 11 is 0. The Morgan fingerprint density at radius 1 is 1.07 bits per heavy atom. The molecule has 0 saturated heterocycles. The number of carbonyl (C=O) groups is 1. The summed E-state index contributed by atoms with van der Waals surface area (Å²) in [6.45, 7) is 0.705. The molecule has 0 aromatic heterocycles. The maximum Gasteiger partial charge on any atom is 0.303 e. The Morgan fingerprint density at radius 3 is 2.60 bits per heavy atom. The van der Waals surface area contributed by atoms with Crippen molar-refractivity contribution in [3.8, 4) is 16.9 Å². The fourth-order valence-electron chi connectivity index (χ4n) is 4.37. The number of hydrogen-bond donors (Lipinski definition) is 2. The van der Waals surface area contributed by atoms with E-state index in [1.165, 1.54) is 36.5 Å². The van der Waals surface area contributed by atoms with Crippen LogP contribution >= 0.6 is 0 Å². The lowest BCUT2D eigenvalue weighted by Crippen LogP contribution is -2.10. The molecule has 4 rings (SSSR count). The van der Waals surface area contributed by atoms with Crippen molar-refractivity contribution in [1.29, 1.82) is 0 Å². The molecule has 1 aliphatic carbocycles. The van der Waals surface area contributed by atoms with Crippen molar-refractivity contribution in [2.75, 3.05) is 19.0 Å². The van der Waals surface area contributed by atoms with Crippen molar-refractivity contribution in [2.24, 2.45) is 5.92 Å². The number of aliphatic carboxylic acids is 1. The molecule has 1 fully saturated rings. The third-order valence-electron chi connectivity index (χ3n) is 6.08. The van der Waals surface area contributed by atoms with Crippen LogP contribution in [-0.2, 0) is 11.2 Å². The highest BCUT2D eigenvalue weighted by Crippen LogP contribution is 2.37. The number of hydrogen-bond acceptors (Lipinski definition) is 3. The van der Waals surface area contributed by atoms with Gasteiger partial charge in [-0.1, -0.05) is 49.2 Å². The van der Waals surface area contributed by atoms with Gasteiger partial charge in [0.15, 0.2) is 0 Å². The third kappa shape index (κ3) is 4.59. The van der Waals surface area contributed by atoms with Gasteiger partial charge in [-0.25, -0.2) is 0 Å². The molecule has 4 heteroatoms. The summed E-state index contributed by atoms with van der Waals surface area (Å²) in [4.78, 5) is 11.2. The van der Waals surface area contributed by atoms with Crippen LogP contribution in [0.4, 0.5) is 5.69 Å². The summed E-state index contributed by atoms with van der Waals surface area (Å²) in [5.41, 5.74) is 4.19. The molecule has 0 bridgehead atoms. The van der Waals surface area contributed by atoms with Crippen molar-refractivity contribution in [3.05, 3.63) is 60.2 Å². The molecule has 3 aromatic rings. The normalized spacial score (nSPS) is 14.2. The maximum atomic E-state index is 11.2. The monoisotopic (exact) mass is 403 g/mol. The molecule has 0 radical (unpaired) electrons. The molecule has 1 aliphatic rings. The van der Waals surface area contributed by atoms with Gasteiger partial charge in [-0.05, 0) is 65.3 Å². The molecule has 3 aromatic carbocycles. The van der Waals surface area contributed by atoms with E-state index in [1.54, 1.807) is 0 Å². The average molecular weight is 404 g/mol. The van der Waals surface area contributed by atoms with Crippen LogP contribution in [-0.4, -0.2) is 24.7 Å². The molecule has 2 N–H and O–H groups in total. The van der Waals surface area contributed by atoms with Gasteiger partial charge in [0.25, 0.3) is 0 Å². The Bertz CT molecular complexity index is 1040. The number of aryl methyl sites for hydroxylation is 1. The SMILES string of the molecule is CNc1ccc2cc(-c3cccc(CCC(=O)O)c3OCC3CCCC3)ccc2c1. The van der Waals surface area contributed by atoms with E-state index < -0.39 is 5.97 Å². The Labute approximate surface area is 177 Å². The molecule has 0 heterocycles. The molecule has 1 saturated carbocycles. The molecule has 156 valence electrons. The third-order valence-corrected chi connectivity index (χ3v) is 6.08. The number of benzene rings is 3. The molecule has 0 aliphatic heterocycles. The first kappa shape index (κ1) is 20.3. The number of rotatable bonds is 8. The predicted molar refractivity (Wildman–Crippen MR) is 122 cm³/mol. The second-order valence-electron chi connectivity index (χ2n) is 8.18. The van der Waals surface area contributed by atoms with Gasteiger partial charge < -0.3 is 15.2 Å². The summed E-state index contributed by atoms with van der Waals surface area (Å²) in [5, 5.41) is 14.7. The second-order valence-corrected chi connectivity index (χ2v) is 8.18. The van der Waals surface area contributed by atoms with Crippen LogP contribution in [0, 0.1) is 5.92 Å². The number of anilines is 1. The van der Waals surface area contributed by atoms with Crippen molar-refractivity contribution in [1.82, 2.24) is 0 Å². The van der Waals surface area contributed by atoms with Crippen LogP contribution in [0.15, 0.2) is 54.6 Å². The van der Waals surface area contributed by atoms with E-state index in [4.69, 9.17) is 9.84 Å². The van der Waals surface area contributed by atoms with Gasteiger partial charge >= 0.3 is 5.97 Å². The molecular formula is C26H29NO3. The quantitative estimate of drug-likeness (QED) is 0.475. The van der Waals surface area contributed by atoms with Gasteiger partial charge in [0.1, 0.15) is 5.75 Å². The molecule has 0 amide bonds. The van der Waals surface area contributed by atoms with E-state index in [9.17, 15) is 4.79 Å². The van der Waals surface area contributed by atoms with Crippen LogP contribution in [0.25, 0.3) is 21.9 Å². The zero-order chi connectivity index (χ0) is 20.9. The van der Waals surface area contributed by atoms with E-state index in [0.29, 0.717) is 18.9 Å². The molecular weight excluding hydrogens is 374 g/mol. The fraction of sp³-hybridized carbons (Fsp3) is 0.346. The Balaban J connectivity index is 1.70. The van der Waals surface area contributed by atoms with Crippen molar-refractivity contribution in [2.45, 2.75) is 38.5 Å². The Hall–Kier alpha value is -3.01.